The third-order valence-electron chi connectivity index (χ3n) is 4.51. The van der Waals surface area contributed by atoms with E-state index in [1.807, 2.05) is 0 Å². The lowest BCUT2D eigenvalue weighted by Gasteiger charge is -2.18. The SMILES string of the molecule is CS(=O)(=O)c1c(C(F)(F)F)ccc(-c2ccc3c(N)nccc3c2)c1-c1nn[nH]n1. The number of halogens is 3. The predicted octanol–water partition coefficient (Wildman–Crippen LogP) is 3.09. The van der Waals surface area contributed by atoms with Crippen molar-refractivity contribution in [2.24, 2.45) is 0 Å². The number of hydrogen-bond donors (Lipinski definition) is 2. The molecule has 0 unspecified atom stereocenters. The number of nitrogens with zero attached hydrogens (tertiary/aromatic N) is 4. The Morgan fingerprint density at radius 3 is 2.50 bits per heavy atom. The summed E-state index contributed by atoms with van der Waals surface area (Å²) in [6.07, 6.45) is -2.70. The molecule has 0 bridgehead atoms. The van der Waals surface area contributed by atoms with Crippen LogP contribution in [0, 0.1) is 0 Å². The number of tetrazole rings is 1. The third-order valence-corrected chi connectivity index (χ3v) is 5.67. The Bertz CT molecular complexity index is 1370. The van der Waals surface area contributed by atoms with E-state index >= 15 is 0 Å². The van der Waals surface area contributed by atoms with Gasteiger partial charge in [0, 0.05) is 17.8 Å². The first-order valence-electron chi connectivity index (χ1n) is 8.40. The molecule has 0 fully saturated rings. The van der Waals surface area contributed by atoms with Crippen LogP contribution in [0.25, 0.3) is 33.3 Å². The van der Waals surface area contributed by atoms with E-state index in [-0.39, 0.29) is 17.0 Å². The number of fused-ring (bicyclic) bond motifs is 1. The Labute approximate surface area is 167 Å². The number of aromatic nitrogens is 5. The van der Waals surface area contributed by atoms with Gasteiger partial charge in [0.05, 0.1) is 16.0 Å². The van der Waals surface area contributed by atoms with Gasteiger partial charge in [0.25, 0.3) is 0 Å². The number of aromatic amines is 1. The van der Waals surface area contributed by atoms with Gasteiger partial charge in [-0.2, -0.15) is 18.4 Å². The first kappa shape index (κ1) is 19.8. The van der Waals surface area contributed by atoms with Gasteiger partial charge in [0.2, 0.25) is 5.82 Å². The number of sulfone groups is 1. The van der Waals surface area contributed by atoms with Crippen LogP contribution in [-0.2, 0) is 16.0 Å². The maximum absolute atomic E-state index is 13.6. The summed E-state index contributed by atoms with van der Waals surface area (Å²) < 4.78 is 65.8. The molecule has 0 aliphatic carbocycles. The third kappa shape index (κ3) is 3.34. The molecule has 2 heterocycles. The Balaban J connectivity index is 2.11. The van der Waals surface area contributed by atoms with Gasteiger partial charge in [0.1, 0.15) is 5.82 Å². The number of nitrogens with one attached hydrogen (secondary N) is 1. The molecule has 3 N–H and O–H groups in total. The Hall–Kier alpha value is -3.54. The molecule has 0 spiro atoms. The summed E-state index contributed by atoms with van der Waals surface area (Å²) in [5, 5.41) is 14.3. The summed E-state index contributed by atoms with van der Waals surface area (Å²) in [4.78, 5) is 3.08. The standard InChI is InChI=1S/C18H13F3N6O2S/c1-30(28,29)15-13(18(19,20)21)5-4-11(14(15)17-24-26-27-25-17)9-2-3-12-10(8-9)6-7-23-16(12)22/h2-8H,1H3,(H2,22,23)(H,24,25,26,27). The minimum absolute atomic E-state index is 0.196. The largest absolute Gasteiger partial charge is 0.417 e. The second kappa shape index (κ2) is 6.76. The number of pyridine rings is 1. The second-order valence-electron chi connectivity index (χ2n) is 6.50. The van der Waals surface area contributed by atoms with Gasteiger partial charge in [-0.1, -0.05) is 18.2 Å². The zero-order valence-corrected chi connectivity index (χ0v) is 16.1. The smallest absolute Gasteiger partial charge is 0.383 e. The number of H-pyrrole nitrogens is 1. The predicted molar refractivity (Wildman–Crippen MR) is 103 cm³/mol. The highest BCUT2D eigenvalue weighted by molar-refractivity contribution is 7.91. The number of benzene rings is 2. The van der Waals surface area contributed by atoms with Gasteiger partial charge in [-0.3, -0.25) is 0 Å². The van der Waals surface area contributed by atoms with Crippen molar-refractivity contribution in [1.29, 1.82) is 0 Å². The zero-order valence-electron chi connectivity index (χ0n) is 15.3. The van der Waals surface area contributed by atoms with Gasteiger partial charge in [-0.05, 0) is 39.9 Å². The molecule has 4 rings (SSSR count). The monoisotopic (exact) mass is 434 g/mol. The van der Waals surface area contributed by atoms with E-state index in [9.17, 15) is 21.6 Å². The summed E-state index contributed by atoms with van der Waals surface area (Å²) in [5.41, 5.74) is 4.91. The van der Waals surface area contributed by atoms with Crippen LogP contribution in [0.3, 0.4) is 0 Å². The van der Waals surface area contributed by atoms with Crippen LogP contribution in [-0.4, -0.2) is 40.3 Å². The average Bonchev–Trinajstić information content (AvgIpc) is 3.20. The quantitative estimate of drug-likeness (QED) is 0.507. The Morgan fingerprint density at radius 2 is 1.87 bits per heavy atom. The summed E-state index contributed by atoms with van der Waals surface area (Å²) in [6.45, 7) is 0. The van der Waals surface area contributed by atoms with Crippen LogP contribution in [0.1, 0.15) is 5.56 Å². The number of rotatable bonds is 3. The maximum atomic E-state index is 13.6. The molecular formula is C18H13F3N6O2S. The van der Waals surface area contributed by atoms with E-state index in [1.54, 1.807) is 24.3 Å². The lowest BCUT2D eigenvalue weighted by atomic mass is 9.95. The van der Waals surface area contributed by atoms with E-state index in [4.69, 9.17) is 5.73 Å². The minimum Gasteiger partial charge on any atom is -0.383 e. The molecule has 0 atom stereocenters. The fourth-order valence-electron chi connectivity index (χ4n) is 3.29. The minimum atomic E-state index is -4.90. The van der Waals surface area contributed by atoms with Crippen LogP contribution < -0.4 is 5.73 Å². The molecule has 0 saturated carbocycles. The summed E-state index contributed by atoms with van der Waals surface area (Å²) in [7, 11) is -4.32. The van der Waals surface area contributed by atoms with Gasteiger partial charge in [-0.25, -0.2) is 13.4 Å². The topological polar surface area (TPSA) is 128 Å². The molecule has 154 valence electrons. The lowest BCUT2D eigenvalue weighted by Crippen LogP contribution is -2.15. The second-order valence-corrected chi connectivity index (χ2v) is 8.45. The van der Waals surface area contributed by atoms with E-state index in [0.717, 1.165) is 6.07 Å². The molecule has 0 amide bonds. The van der Waals surface area contributed by atoms with Gasteiger partial charge < -0.3 is 5.73 Å². The number of anilines is 1. The van der Waals surface area contributed by atoms with Crippen molar-refractivity contribution in [3.8, 4) is 22.5 Å². The molecule has 0 aliphatic rings. The molecular weight excluding hydrogens is 421 g/mol. The van der Waals surface area contributed by atoms with Gasteiger partial charge >= 0.3 is 6.18 Å². The number of nitrogens with two attached hydrogens (primary N) is 1. The fraction of sp³-hybridized carbons (Fsp3) is 0.111. The number of alkyl halides is 3. The molecule has 30 heavy (non-hydrogen) atoms. The summed E-state index contributed by atoms with van der Waals surface area (Å²) in [5.74, 6) is 0.0209. The summed E-state index contributed by atoms with van der Waals surface area (Å²) >= 11 is 0. The normalized spacial score (nSPS) is 12.4. The summed E-state index contributed by atoms with van der Waals surface area (Å²) in [6, 6.07) is 8.55. The highest BCUT2D eigenvalue weighted by Crippen LogP contribution is 2.43. The molecule has 0 aliphatic heterocycles. The molecule has 0 radical (unpaired) electrons. The van der Waals surface area contributed by atoms with Crippen molar-refractivity contribution in [1.82, 2.24) is 25.6 Å². The Kier molecular flexibility index (Phi) is 4.45. The first-order valence-corrected chi connectivity index (χ1v) is 10.3. The van der Waals surface area contributed by atoms with Crippen molar-refractivity contribution in [3.63, 3.8) is 0 Å². The van der Waals surface area contributed by atoms with Crippen LogP contribution in [0.15, 0.2) is 47.5 Å². The van der Waals surface area contributed by atoms with Crippen molar-refractivity contribution in [2.75, 3.05) is 12.0 Å². The molecule has 2 aromatic heterocycles. The van der Waals surface area contributed by atoms with Crippen molar-refractivity contribution >= 4 is 26.4 Å². The van der Waals surface area contributed by atoms with Gasteiger partial charge in [-0.15, -0.1) is 10.2 Å². The molecule has 0 saturated heterocycles. The molecule has 8 nitrogen and oxygen atoms in total. The van der Waals surface area contributed by atoms with Crippen molar-refractivity contribution in [2.45, 2.75) is 11.1 Å². The first-order chi connectivity index (χ1) is 14.1. The maximum Gasteiger partial charge on any atom is 0.417 e. The molecule has 2 aromatic carbocycles. The van der Waals surface area contributed by atoms with Crippen LogP contribution in [0.5, 0.6) is 0 Å². The van der Waals surface area contributed by atoms with E-state index < -0.39 is 26.5 Å². The highest BCUT2D eigenvalue weighted by atomic mass is 32.2. The highest BCUT2D eigenvalue weighted by Gasteiger charge is 2.39. The van der Waals surface area contributed by atoms with Crippen molar-refractivity contribution < 1.29 is 21.6 Å². The van der Waals surface area contributed by atoms with Crippen LogP contribution >= 0.6 is 0 Å². The van der Waals surface area contributed by atoms with Crippen molar-refractivity contribution in [3.05, 3.63) is 48.2 Å². The van der Waals surface area contributed by atoms with Crippen LogP contribution in [0.2, 0.25) is 0 Å². The average molecular weight is 434 g/mol. The van der Waals surface area contributed by atoms with E-state index in [0.29, 0.717) is 28.4 Å². The van der Waals surface area contributed by atoms with E-state index in [1.165, 1.54) is 12.3 Å². The number of hydrogen-bond acceptors (Lipinski definition) is 7. The fourth-order valence-corrected chi connectivity index (χ4v) is 4.45. The van der Waals surface area contributed by atoms with E-state index in [2.05, 4.69) is 25.6 Å². The number of nitrogen functional groups attached to an aromatic ring is 1. The lowest BCUT2D eigenvalue weighted by molar-refractivity contribution is -0.139. The zero-order chi connectivity index (χ0) is 21.7. The molecule has 12 heteroatoms. The van der Waals surface area contributed by atoms with Crippen LogP contribution in [0.4, 0.5) is 19.0 Å². The van der Waals surface area contributed by atoms with Gasteiger partial charge in [0.15, 0.2) is 9.84 Å². The molecule has 4 aromatic rings. The Morgan fingerprint density at radius 1 is 1.10 bits per heavy atom.